The summed E-state index contributed by atoms with van der Waals surface area (Å²) in [5.74, 6) is 0.136. The summed E-state index contributed by atoms with van der Waals surface area (Å²) in [4.78, 5) is 0. The highest BCUT2D eigenvalue weighted by Gasteiger charge is 2.34. The molecule has 0 aliphatic heterocycles. The van der Waals surface area contributed by atoms with E-state index in [2.05, 4.69) is 10.0 Å². The largest absolute Gasteiger partial charge is 0.496 e. The van der Waals surface area contributed by atoms with Gasteiger partial charge in [0.25, 0.3) is 0 Å². The van der Waals surface area contributed by atoms with Crippen LogP contribution in [-0.2, 0) is 16.2 Å². The number of alkyl halides is 3. The van der Waals surface area contributed by atoms with Crippen molar-refractivity contribution < 1.29 is 26.3 Å². The topological polar surface area (TPSA) is 67.4 Å². The van der Waals surface area contributed by atoms with Crippen LogP contribution in [0.15, 0.2) is 18.2 Å². The van der Waals surface area contributed by atoms with Crippen molar-refractivity contribution in [1.29, 1.82) is 0 Å². The number of nitrogens with one attached hydrogen (secondary N) is 2. The van der Waals surface area contributed by atoms with Crippen LogP contribution >= 0.6 is 0 Å². The fourth-order valence-corrected chi connectivity index (χ4v) is 4.12. The normalized spacial score (nSPS) is 21.3. The van der Waals surface area contributed by atoms with Crippen molar-refractivity contribution in [2.45, 2.75) is 57.0 Å². The molecule has 0 aromatic heterocycles. The standard InChI is InChI=1S/C18H27F3N2O3S/c1-12(2)27(24,25)23-14-6-4-13(5-7-14)11-22-15-8-9-16(18(19,20)21)17(10-15)26-3/h8-10,12-14,22-23H,4-7,11H2,1-3H3/t13-,14-. The summed E-state index contributed by atoms with van der Waals surface area (Å²) in [7, 11) is -2.05. The number of hydrogen-bond acceptors (Lipinski definition) is 4. The molecular formula is C18H27F3N2O3S. The molecule has 1 aliphatic rings. The summed E-state index contributed by atoms with van der Waals surface area (Å²) in [6.07, 6.45) is -1.22. The van der Waals surface area contributed by atoms with E-state index in [0.717, 1.165) is 31.7 Å². The predicted octanol–water partition coefficient (Wildman–Crippen LogP) is 4.01. The smallest absolute Gasteiger partial charge is 0.419 e. The van der Waals surface area contributed by atoms with Gasteiger partial charge in [0.05, 0.1) is 17.9 Å². The first kappa shape index (κ1) is 21.8. The third-order valence-electron chi connectivity index (χ3n) is 4.90. The molecule has 0 radical (unpaired) electrons. The molecule has 27 heavy (non-hydrogen) atoms. The lowest BCUT2D eigenvalue weighted by atomic mass is 9.86. The van der Waals surface area contributed by atoms with Crippen molar-refractivity contribution in [3.8, 4) is 5.75 Å². The van der Waals surface area contributed by atoms with Crippen LogP contribution in [0.2, 0.25) is 0 Å². The first-order valence-electron chi connectivity index (χ1n) is 9.03. The molecule has 0 saturated heterocycles. The van der Waals surface area contributed by atoms with E-state index in [-0.39, 0.29) is 11.8 Å². The number of anilines is 1. The van der Waals surface area contributed by atoms with Gasteiger partial charge in [-0.1, -0.05) is 0 Å². The number of sulfonamides is 1. The zero-order valence-electron chi connectivity index (χ0n) is 15.8. The molecule has 1 fully saturated rings. The Morgan fingerprint density at radius 3 is 2.33 bits per heavy atom. The van der Waals surface area contributed by atoms with Gasteiger partial charge in [0.15, 0.2) is 0 Å². The van der Waals surface area contributed by atoms with Crippen molar-refractivity contribution in [3.05, 3.63) is 23.8 Å². The highest BCUT2D eigenvalue weighted by atomic mass is 32.2. The quantitative estimate of drug-likeness (QED) is 0.715. The molecule has 1 aliphatic carbocycles. The van der Waals surface area contributed by atoms with Crippen molar-refractivity contribution in [1.82, 2.24) is 4.72 Å². The van der Waals surface area contributed by atoms with Crippen molar-refractivity contribution in [2.24, 2.45) is 5.92 Å². The molecule has 9 heteroatoms. The van der Waals surface area contributed by atoms with Crippen LogP contribution in [0.5, 0.6) is 5.75 Å². The minimum atomic E-state index is -4.45. The summed E-state index contributed by atoms with van der Waals surface area (Å²) < 4.78 is 70.2. The van der Waals surface area contributed by atoms with Gasteiger partial charge in [-0.25, -0.2) is 13.1 Å². The summed E-state index contributed by atoms with van der Waals surface area (Å²) in [5, 5.41) is 2.71. The second kappa shape index (κ2) is 8.68. The van der Waals surface area contributed by atoms with Crippen LogP contribution in [0, 0.1) is 5.92 Å². The Labute approximate surface area is 158 Å². The predicted molar refractivity (Wildman–Crippen MR) is 99.4 cm³/mol. The van der Waals surface area contributed by atoms with Gasteiger partial charge in [0.2, 0.25) is 10.0 Å². The number of halogens is 3. The van der Waals surface area contributed by atoms with Crippen molar-refractivity contribution in [2.75, 3.05) is 19.0 Å². The van der Waals surface area contributed by atoms with E-state index in [4.69, 9.17) is 4.74 Å². The average molecular weight is 408 g/mol. The number of benzene rings is 1. The van der Waals surface area contributed by atoms with E-state index < -0.39 is 27.0 Å². The molecule has 2 N–H and O–H groups in total. The van der Waals surface area contributed by atoms with E-state index in [9.17, 15) is 21.6 Å². The van der Waals surface area contributed by atoms with Crippen LogP contribution in [0.1, 0.15) is 45.1 Å². The molecular weight excluding hydrogens is 381 g/mol. The van der Waals surface area contributed by atoms with Gasteiger partial charge in [-0.05, 0) is 57.6 Å². The number of rotatable bonds is 7. The summed E-state index contributed by atoms with van der Waals surface area (Å²) in [6, 6.07) is 3.72. The van der Waals surface area contributed by atoms with Gasteiger partial charge in [0, 0.05) is 24.3 Å². The van der Waals surface area contributed by atoms with Crippen molar-refractivity contribution in [3.63, 3.8) is 0 Å². The molecule has 0 unspecified atom stereocenters. The molecule has 0 heterocycles. The van der Waals surface area contributed by atoms with Crippen LogP contribution in [0.25, 0.3) is 0 Å². The molecule has 0 amide bonds. The Morgan fingerprint density at radius 1 is 1.19 bits per heavy atom. The van der Waals surface area contributed by atoms with E-state index in [1.165, 1.54) is 19.2 Å². The van der Waals surface area contributed by atoms with Gasteiger partial charge in [-0.15, -0.1) is 0 Å². The first-order chi connectivity index (χ1) is 12.5. The van der Waals surface area contributed by atoms with Crippen LogP contribution in [0.3, 0.4) is 0 Å². The molecule has 5 nitrogen and oxygen atoms in total. The van der Waals surface area contributed by atoms with E-state index in [0.29, 0.717) is 18.2 Å². The van der Waals surface area contributed by atoms with E-state index in [1.54, 1.807) is 13.8 Å². The lowest BCUT2D eigenvalue weighted by molar-refractivity contribution is -0.138. The Kier molecular flexibility index (Phi) is 7.02. The second-order valence-corrected chi connectivity index (χ2v) is 9.49. The molecule has 0 spiro atoms. The zero-order chi connectivity index (χ0) is 20.2. The molecule has 0 atom stereocenters. The number of ether oxygens (including phenoxy) is 1. The molecule has 1 aromatic rings. The fourth-order valence-electron chi connectivity index (χ4n) is 3.15. The van der Waals surface area contributed by atoms with Gasteiger partial charge in [-0.2, -0.15) is 13.2 Å². The van der Waals surface area contributed by atoms with Gasteiger partial charge in [0.1, 0.15) is 5.75 Å². The molecule has 1 saturated carbocycles. The van der Waals surface area contributed by atoms with E-state index >= 15 is 0 Å². The van der Waals surface area contributed by atoms with Gasteiger partial charge >= 0.3 is 6.18 Å². The van der Waals surface area contributed by atoms with Gasteiger partial charge in [-0.3, -0.25) is 0 Å². The highest BCUT2D eigenvalue weighted by Crippen LogP contribution is 2.37. The minimum Gasteiger partial charge on any atom is -0.496 e. The minimum absolute atomic E-state index is 0.0418. The van der Waals surface area contributed by atoms with Crippen molar-refractivity contribution >= 4 is 15.7 Å². The van der Waals surface area contributed by atoms with E-state index in [1.807, 2.05) is 0 Å². The monoisotopic (exact) mass is 408 g/mol. The zero-order valence-corrected chi connectivity index (χ0v) is 16.6. The number of hydrogen-bond donors (Lipinski definition) is 2. The Morgan fingerprint density at radius 2 is 1.81 bits per heavy atom. The van der Waals surface area contributed by atoms with Crippen LogP contribution in [-0.4, -0.2) is 33.4 Å². The molecule has 2 rings (SSSR count). The fraction of sp³-hybridized carbons (Fsp3) is 0.667. The summed E-state index contributed by atoms with van der Waals surface area (Å²) in [6.45, 7) is 3.92. The third kappa shape index (κ3) is 6.00. The Balaban J connectivity index is 1.87. The van der Waals surface area contributed by atoms with Gasteiger partial charge < -0.3 is 10.1 Å². The van der Waals surface area contributed by atoms with Crippen LogP contribution in [0.4, 0.5) is 18.9 Å². The molecule has 0 bridgehead atoms. The Bertz CT molecular complexity index is 728. The molecule has 154 valence electrons. The Hall–Kier alpha value is -1.48. The third-order valence-corrected chi connectivity index (χ3v) is 6.80. The lowest BCUT2D eigenvalue weighted by Gasteiger charge is -2.29. The maximum absolute atomic E-state index is 12.9. The first-order valence-corrected chi connectivity index (χ1v) is 10.6. The SMILES string of the molecule is COc1cc(NC[C@H]2CC[C@H](NS(=O)(=O)C(C)C)CC2)ccc1C(F)(F)F. The second-order valence-electron chi connectivity index (χ2n) is 7.22. The molecule has 1 aromatic carbocycles. The highest BCUT2D eigenvalue weighted by molar-refractivity contribution is 7.90. The summed E-state index contributed by atoms with van der Waals surface area (Å²) >= 11 is 0. The average Bonchev–Trinajstić information content (AvgIpc) is 2.59. The summed E-state index contributed by atoms with van der Waals surface area (Å²) in [5.41, 5.74) is -0.226. The van der Waals surface area contributed by atoms with Crippen LogP contribution < -0.4 is 14.8 Å². The number of methoxy groups -OCH3 is 1. The lowest BCUT2D eigenvalue weighted by Crippen LogP contribution is -2.41. The maximum Gasteiger partial charge on any atom is 0.419 e. The maximum atomic E-state index is 12.9.